The number of hydrogen-bond donors (Lipinski definition) is 2. The molecule has 0 saturated carbocycles. The van der Waals surface area contributed by atoms with Gasteiger partial charge >= 0.3 is 6.03 Å². The van der Waals surface area contributed by atoms with Gasteiger partial charge in [0.2, 0.25) is 10.0 Å². The maximum atomic E-state index is 12.3. The summed E-state index contributed by atoms with van der Waals surface area (Å²) in [6, 6.07) is 12.1. The van der Waals surface area contributed by atoms with E-state index in [2.05, 4.69) is 15.2 Å². The molecule has 1 aromatic heterocycles. The van der Waals surface area contributed by atoms with Gasteiger partial charge in [-0.2, -0.15) is 0 Å². The van der Waals surface area contributed by atoms with Crippen LogP contribution in [0, 0.1) is 0 Å². The average molecular weight is 389 g/mol. The highest BCUT2D eigenvalue weighted by atomic mass is 32.2. The van der Waals surface area contributed by atoms with E-state index in [1.807, 2.05) is 18.2 Å². The molecule has 2 amide bonds. The number of nitrogens with zero attached hydrogens (tertiary/aromatic N) is 3. The Morgan fingerprint density at radius 3 is 2.37 bits per heavy atom. The minimum atomic E-state index is -3.68. The first-order valence-electron chi connectivity index (χ1n) is 8.74. The number of nitrogens with one attached hydrogen (secondary N) is 1. The summed E-state index contributed by atoms with van der Waals surface area (Å²) in [7, 11) is -3.68. The molecule has 144 valence electrons. The molecule has 3 rings (SSSR count). The summed E-state index contributed by atoms with van der Waals surface area (Å²) in [4.78, 5) is 20.7. The number of aromatic nitrogens is 1. The van der Waals surface area contributed by atoms with Gasteiger partial charge < -0.3 is 15.1 Å². The van der Waals surface area contributed by atoms with Gasteiger partial charge in [-0.05, 0) is 36.2 Å². The number of primary sulfonamides is 1. The van der Waals surface area contributed by atoms with Crippen LogP contribution in [-0.2, 0) is 16.4 Å². The molecule has 1 fully saturated rings. The third-order valence-electron chi connectivity index (χ3n) is 4.48. The highest BCUT2D eigenvalue weighted by Gasteiger charge is 2.21. The minimum absolute atomic E-state index is 0.0843. The number of pyridine rings is 1. The van der Waals surface area contributed by atoms with Crippen LogP contribution in [0.15, 0.2) is 53.6 Å². The Hall–Kier alpha value is -2.65. The van der Waals surface area contributed by atoms with E-state index in [0.29, 0.717) is 26.1 Å². The van der Waals surface area contributed by atoms with E-state index in [1.165, 1.54) is 12.1 Å². The Labute approximate surface area is 159 Å². The number of rotatable bonds is 5. The van der Waals surface area contributed by atoms with Gasteiger partial charge in [0.15, 0.2) is 0 Å². The third kappa shape index (κ3) is 5.18. The molecule has 0 aliphatic carbocycles. The molecule has 1 aliphatic rings. The molecule has 0 spiro atoms. The van der Waals surface area contributed by atoms with Crippen LogP contribution in [0.2, 0.25) is 0 Å². The Morgan fingerprint density at radius 1 is 1.07 bits per heavy atom. The molecule has 0 radical (unpaired) electrons. The lowest BCUT2D eigenvalue weighted by molar-refractivity contribution is 0.194. The second kappa shape index (κ2) is 8.36. The van der Waals surface area contributed by atoms with Crippen LogP contribution in [0.4, 0.5) is 10.6 Å². The standard InChI is InChI=1S/C18H23N5O3S/c19-27(25,26)16-6-4-15(5-7-16)8-10-21-18(24)23-13-11-22(12-14-23)17-3-1-2-9-20-17/h1-7,9H,8,10-14H2,(H,21,24)(H2,19,25,26). The van der Waals surface area contributed by atoms with Crippen LogP contribution >= 0.6 is 0 Å². The molecule has 2 aromatic rings. The number of carbonyl (C=O) groups excluding carboxylic acids is 1. The van der Waals surface area contributed by atoms with Gasteiger partial charge in [-0.15, -0.1) is 0 Å². The molecule has 27 heavy (non-hydrogen) atoms. The van der Waals surface area contributed by atoms with E-state index in [1.54, 1.807) is 23.2 Å². The van der Waals surface area contributed by atoms with Gasteiger partial charge in [0, 0.05) is 38.9 Å². The summed E-state index contributed by atoms with van der Waals surface area (Å²) in [5.41, 5.74) is 0.933. The number of hydrogen-bond acceptors (Lipinski definition) is 5. The highest BCUT2D eigenvalue weighted by molar-refractivity contribution is 7.89. The molecule has 1 saturated heterocycles. The van der Waals surface area contributed by atoms with Crippen molar-refractivity contribution >= 4 is 21.9 Å². The lowest BCUT2D eigenvalue weighted by Gasteiger charge is -2.35. The Bertz CT molecular complexity index is 864. The predicted molar refractivity (Wildman–Crippen MR) is 103 cm³/mol. The molecule has 3 N–H and O–H groups in total. The van der Waals surface area contributed by atoms with Gasteiger partial charge in [0.25, 0.3) is 0 Å². The number of urea groups is 1. The maximum absolute atomic E-state index is 12.3. The first kappa shape index (κ1) is 19.1. The predicted octanol–water partition coefficient (Wildman–Crippen LogP) is 0.803. The fourth-order valence-corrected chi connectivity index (χ4v) is 3.47. The number of nitrogens with two attached hydrogens (primary N) is 1. The number of amides is 2. The number of anilines is 1. The fraction of sp³-hybridized carbons (Fsp3) is 0.333. The van der Waals surface area contributed by atoms with Crippen molar-refractivity contribution in [3.63, 3.8) is 0 Å². The summed E-state index contributed by atoms with van der Waals surface area (Å²) in [6.45, 7) is 3.27. The van der Waals surface area contributed by atoms with E-state index in [0.717, 1.165) is 24.5 Å². The van der Waals surface area contributed by atoms with Crippen LogP contribution in [0.25, 0.3) is 0 Å². The quantitative estimate of drug-likeness (QED) is 0.786. The fourth-order valence-electron chi connectivity index (χ4n) is 2.95. The molecule has 0 atom stereocenters. The van der Waals surface area contributed by atoms with E-state index in [4.69, 9.17) is 5.14 Å². The van der Waals surface area contributed by atoms with Crippen LogP contribution in [0.5, 0.6) is 0 Å². The largest absolute Gasteiger partial charge is 0.353 e. The van der Waals surface area contributed by atoms with E-state index < -0.39 is 10.0 Å². The molecule has 1 aliphatic heterocycles. The summed E-state index contributed by atoms with van der Waals surface area (Å²) in [6.07, 6.45) is 2.38. The Kier molecular flexibility index (Phi) is 5.92. The number of carbonyl (C=O) groups is 1. The Morgan fingerprint density at radius 2 is 1.78 bits per heavy atom. The van der Waals surface area contributed by atoms with Gasteiger partial charge in [0.1, 0.15) is 5.82 Å². The topological polar surface area (TPSA) is 109 Å². The van der Waals surface area contributed by atoms with Crippen molar-refractivity contribution < 1.29 is 13.2 Å². The molecule has 9 heteroatoms. The minimum Gasteiger partial charge on any atom is -0.353 e. The Balaban J connectivity index is 1.42. The van der Waals surface area contributed by atoms with Crippen molar-refractivity contribution in [3.8, 4) is 0 Å². The molecule has 0 unspecified atom stereocenters. The van der Waals surface area contributed by atoms with Crippen molar-refractivity contribution in [3.05, 3.63) is 54.2 Å². The van der Waals surface area contributed by atoms with Gasteiger partial charge in [0.05, 0.1) is 4.90 Å². The summed E-state index contributed by atoms with van der Waals surface area (Å²) in [5.74, 6) is 0.931. The molecule has 0 bridgehead atoms. The first-order chi connectivity index (χ1) is 12.9. The maximum Gasteiger partial charge on any atom is 0.317 e. The normalized spacial score (nSPS) is 14.9. The highest BCUT2D eigenvalue weighted by Crippen LogP contribution is 2.12. The van der Waals surface area contributed by atoms with Crippen molar-refractivity contribution in [2.24, 2.45) is 5.14 Å². The lowest BCUT2D eigenvalue weighted by Crippen LogP contribution is -2.52. The van der Waals surface area contributed by atoms with E-state index >= 15 is 0 Å². The van der Waals surface area contributed by atoms with E-state index in [9.17, 15) is 13.2 Å². The molecular formula is C18H23N5O3S. The van der Waals surface area contributed by atoms with Crippen molar-refractivity contribution in [2.75, 3.05) is 37.6 Å². The average Bonchev–Trinajstić information content (AvgIpc) is 2.68. The SMILES string of the molecule is NS(=O)(=O)c1ccc(CCNC(=O)N2CCN(c3ccccn3)CC2)cc1. The summed E-state index contributed by atoms with van der Waals surface area (Å²) >= 11 is 0. The lowest BCUT2D eigenvalue weighted by atomic mass is 10.1. The van der Waals surface area contributed by atoms with Crippen molar-refractivity contribution in [2.45, 2.75) is 11.3 Å². The van der Waals surface area contributed by atoms with Crippen LogP contribution < -0.4 is 15.4 Å². The zero-order valence-corrected chi connectivity index (χ0v) is 15.7. The second-order valence-corrected chi connectivity index (χ2v) is 7.89. The molecule has 2 heterocycles. The van der Waals surface area contributed by atoms with Gasteiger partial charge in [-0.3, -0.25) is 0 Å². The smallest absolute Gasteiger partial charge is 0.317 e. The summed E-state index contributed by atoms with van der Waals surface area (Å²) in [5, 5.41) is 7.99. The zero-order chi connectivity index (χ0) is 19.3. The summed E-state index contributed by atoms with van der Waals surface area (Å²) < 4.78 is 22.5. The van der Waals surface area contributed by atoms with E-state index in [-0.39, 0.29) is 10.9 Å². The van der Waals surface area contributed by atoms with Crippen molar-refractivity contribution in [1.29, 1.82) is 0 Å². The monoisotopic (exact) mass is 389 g/mol. The van der Waals surface area contributed by atoms with Crippen molar-refractivity contribution in [1.82, 2.24) is 15.2 Å². The second-order valence-electron chi connectivity index (χ2n) is 6.33. The number of piperazine rings is 1. The zero-order valence-electron chi connectivity index (χ0n) is 14.9. The molecular weight excluding hydrogens is 366 g/mol. The molecule has 8 nitrogen and oxygen atoms in total. The third-order valence-corrected chi connectivity index (χ3v) is 5.41. The first-order valence-corrected chi connectivity index (χ1v) is 10.3. The van der Waals surface area contributed by atoms with Gasteiger partial charge in [-0.25, -0.2) is 23.3 Å². The molecule has 1 aromatic carbocycles. The van der Waals surface area contributed by atoms with Gasteiger partial charge in [-0.1, -0.05) is 18.2 Å². The number of benzene rings is 1. The van der Waals surface area contributed by atoms with Crippen LogP contribution in [0.1, 0.15) is 5.56 Å². The number of sulfonamides is 1. The van der Waals surface area contributed by atoms with Crippen LogP contribution in [0.3, 0.4) is 0 Å². The van der Waals surface area contributed by atoms with Crippen LogP contribution in [-0.4, -0.2) is 57.1 Å².